The molecule has 2 aromatic rings. The zero-order valence-electron chi connectivity index (χ0n) is 12.2. The van der Waals surface area contributed by atoms with Gasteiger partial charge in [-0.15, -0.1) is 0 Å². The standard InChI is InChI=1S/C16H22N2O2/c1-11-5-7-16(10-17,8-6-11)15-18-13-4-3-12(19-2)9-14(13)20-15/h3-4,9,11H,5-8,10,17H2,1-2H3. The van der Waals surface area contributed by atoms with Gasteiger partial charge < -0.3 is 14.9 Å². The molecule has 0 bridgehead atoms. The van der Waals surface area contributed by atoms with Gasteiger partial charge in [-0.25, -0.2) is 4.98 Å². The van der Waals surface area contributed by atoms with E-state index in [0.717, 1.165) is 41.5 Å². The van der Waals surface area contributed by atoms with Gasteiger partial charge in [-0.1, -0.05) is 6.92 Å². The van der Waals surface area contributed by atoms with E-state index in [4.69, 9.17) is 14.9 Å². The second kappa shape index (κ2) is 5.09. The van der Waals surface area contributed by atoms with Crippen LogP contribution < -0.4 is 10.5 Å². The third-order valence-corrected chi connectivity index (χ3v) is 4.67. The lowest BCUT2D eigenvalue weighted by atomic mass is 9.71. The lowest BCUT2D eigenvalue weighted by Gasteiger charge is -2.35. The molecule has 1 aromatic heterocycles. The van der Waals surface area contributed by atoms with Crippen molar-refractivity contribution in [2.24, 2.45) is 11.7 Å². The molecule has 0 amide bonds. The Hall–Kier alpha value is -1.55. The highest BCUT2D eigenvalue weighted by Gasteiger charge is 2.39. The van der Waals surface area contributed by atoms with E-state index in [9.17, 15) is 0 Å². The van der Waals surface area contributed by atoms with Crippen molar-refractivity contribution in [1.82, 2.24) is 4.98 Å². The van der Waals surface area contributed by atoms with Gasteiger partial charge in [0.05, 0.1) is 12.5 Å². The number of oxazole rings is 1. The summed E-state index contributed by atoms with van der Waals surface area (Å²) < 4.78 is 11.2. The summed E-state index contributed by atoms with van der Waals surface area (Å²) in [5.74, 6) is 2.37. The van der Waals surface area contributed by atoms with Gasteiger partial charge in [0.25, 0.3) is 0 Å². The molecule has 0 unspecified atom stereocenters. The zero-order valence-corrected chi connectivity index (χ0v) is 12.2. The molecule has 2 N–H and O–H groups in total. The predicted molar refractivity (Wildman–Crippen MR) is 78.9 cm³/mol. The molecule has 4 nitrogen and oxygen atoms in total. The Labute approximate surface area is 119 Å². The van der Waals surface area contributed by atoms with E-state index < -0.39 is 0 Å². The van der Waals surface area contributed by atoms with Crippen molar-refractivity contribution in [2.75, 3.05) is 13.7 Å². The SMILES string of the molecule is COc1ccc2nc(C3(CN)CCC(C)CC3)oc2c1. The van der Waals surface area contributed by atoms with Crippen molar-refractivity contribution in [3.63, 3.8) is 0 Å². The molecule has 0 radical (unpaired) electrons. The Morgan fingerprint density at radius 2 is 2.15 bits per heavy atom. The van der Waals surface area contributed by atoms with E-state index in [1.807, 2.05) is 18.2 Å². The number of nitrogens with zero attached hydrogens (tertiary/aromatic N) is 1. The number of rotatable bonds is 3. The highest BCUT2D eigenvalue weighted by molar-refractivity contribution is 5.74. The van der Waals surface area contributed by atoms with Crippen molar-refractivity contribution < 1.29 is 9.15 Å². The van der Waals surface area contributed by atoms with Crippen molar-refractivity contribution in [3.05, 3.63) is 24.1 Å². The maximum Gasteiger partial charge on any atom is 0.202 e. The molecule has 1 aliphatic carbocycles. The van der Waals surface area contributed by atoms with E-state index in [1.54, 1.807) is 7.11 Å². The molecular weight excluding hydrogens is 252 g/mol. The second-order valence-electron chi connectivity index (χ2n) is 6.02. The summed E-state index contributed by atoms with van der Waals surface area (Å²) in [6.07, 6.45) is 4.52. The molecule has 1 fully saturated rings. The molecule has 108 valence electrons. The van der Waals surface area contributed by atoms with Crippen LogP contribution in [0.4, 0.5) is 0 Å². The topological polar surface area (TPSA) is 61.3 Å². The van der Waals surface area contributed by atoms with Crippen molar-refractivity contribution in [2.45, 2.75) is 38.0 Å². The fraction of sp³-hybridized carbons (Fsp3) is 0.562. The molecular formula is C16H22N2O2. The Bertz CT molecular complexity index is 598. The first-order valence-corrected chi connectivity index (χ1v) is 7.32. The Morgan fingerprint density at radius 1 is 1.40 bits per heavy atom. The van der Waals surface area contributed by atoms with Crippen molar-refractivity contribution in [1.29, 1.82) is 0 Å². The number of nitrogens with two attached hydrogens (primary N) is 1. The van der Waals surface area contributed by atoms with Crippen molar-refractivity contribution in [3.8, 4) is 5.75 Å². The molecule has 20 heavy (non-hydrogen) atoms. The molecule has 1 aliphatic rings. The third-order valence-electron chi connectivity index (χ3n) is 4.67. The quantitative estimate of drug-likeness (QED) is 0.933. The first-order chi connectivity index (χ1) is 9.66. The third kappa shape index (κ3) is 2.18. The number of aromatic nitrogens is 1. The average Bonchev–Trinajstić information content (AvgIpc) is 2.91. The maximum absolute atomic E-state index is 6.07. The van der Waals surface area contributed by atoms with Crippen molar-refractivity contribution >= 4 is 11.1 Å². The van der Waals surface area contributed by atoms with Gasteiger partial charge in [-0.2, -0.15) is 0 Å². The summed E-state index contributed by atoms with van der Waals surface area (Å²) in [6, 6.07) is 5.74. The summed E-state index contributed by atoms with van der Waals surface area (Å²) in [6.45, 7) is 2.90. The van der Waals surface area contributed by atoms with E-state index >= 15 is 0 Å². The minimum Gasteiger partial charge on any atom is -0.497 e. The van der Waals surface area contributed by atoms with Crippen LogP contribution in [-0.4, -0.2) is 18.6 Å². The van der Waals surface area contributed by atoms with Crippen LogP contribution in [0.3, 0.4) is 0 Å². The van der Waals surface area contributed by atoms with Crippen LogP contribution in [0.15, 0.2) is 22.6 Å². The van der Waals surface area contributed by atoms with Gasteiger partial charge >= 0.3 is 0 Å². The fourth-order valence-corrected chi connectivity index (χ4v) is 3.08. The summed E-state index contributed by atoms with van der Waals surface area (Å²) in [7, 11) is 1.66. The largest absolute Gasteiger partial charge is 0.497 e. The molecule has 0 spiro atoms. The molecule has 0 saturated heterocycles. The van der Waals surface area contributed by atoms with Crippen LogP contribution in [0, 0.1) is 5.92 Å². The van der Waals surface area contributed by atoms with Gasteiger partial charge in [0.15, 0.2) is 5.58 Å². The van der Waals surface area contributed by atoms with Gasteiger partial charge in [0.1, 0.15) is 11.3 Å². The molecule has 1 aromatic carbocycles. The lowest BCUT2D eigenvalue weighted by molar-refractivity contribution is 0.210. The number of methoxy groups -OCH3 is 1. The number of benzene rings is 1. The maximum atomic E-state index is 6.07. The first kappa shape index (κ1) is 13.4. The zero-order chi connectivity index (χ0) is 14.2. The Kier molecular flexibility index (Phi) is 3.42. The van der Waals surface area contributed by atoms with Crippen LogP contribution in [0.2, 0.25) is 0 Å². The Morgan fingerprint density at radius 3 is 2.80 bits per heavy atom. The first-order valence-electron chi connectivity index (χ1n) is 7.32. The predicted octanol–water partition coefficient (Wildman–Crippen LogP) is 3.24. The molecule has 1 saturated carbocycles. The highest BCUT2D eigenvalue weighted by Crippen LogP contribution is 2.41. The van der Waals surface area contributed by atoms with Crippen LogP contribution in [0.5, 0.6) is 5.75 Å². The van der Waals surface area contributed by atoms with Crippen LogP contribution in [0.1, 0.15) is 38.5 Å². The van der Waals surface area contributed by atoms with E-state index in [2.05, 4.69) is 11.9 Å². The summed E-state index contributed by atoms with van der Waals surface area (Å²) >= 11 is 0. The van der Waals surface area contributed by atoms with Gasteiger partial charge in [0.2, 0.25) is 5.89 Å². The normalized spacial score (nSPS) is 26.9. The van der Waals surface area contributed by atoms with Crippen LogP contribution in [-0.2, 0) is 5.41 Å². The van der Waals surface area contributed by atoms with Gasteiger partial charge in [-0.3, -0.25) is 0 Å². The summed E-state index contributed by atoms with van der Waals surface area (Å²) in [5, 5.41) is 0. The van der Waals surface area contributed by atoms with Gasteiger partial charge in [0, 0.05) is 12.6 Å². The highest BCUT2D eigenvalue weighted by atomic mass is 16.5. The molecule has 4 heteroatoms. The average molecular weight is 274 g/mol. The fourth-order valence-electron chi connectivity index (χ4n) is 3.08. The number of hydrogen-bond donors (Lipinski definition) is 1. The van der Waals surface area contributed by atoms with E-state index in [-0.39, 0.29) is 5.41 Å². The molecule has 1 heterocycles. The number of ether oxygens (including phenoxy) is 1. The minimum absolute atomic E-state index is 0.0846. The smallest absolute Gasteiger partial charge is 0.202 e. The molecule has 3 rings (SSSR count). The van der Waals surface area contributed by atoms with Gasteiger partial charge in [-0.05, 0) is 43.7 Å². The van der Waals surface area contributed by atoms with E-state index in [1.165, 1.54) is 12.8 Å². The second-order valence-corrected chi connectivity index (χ2v) is 6.02. The van der Waals surface area contributed by atoms with Crippen LogP contribution in [0.25, 0.3) is 11.1 Å². The number of fused-ring (bicyclic) bond motifs is 1. The lowest BCUT2D eigenvalue weighted by Crippen LogP contribution is -2.38. The summed E-state index contributed by atoms with van der Waals surface area (Å²) in [5.41, 5.74) is 7.65. The monoisotopic (exact) mass is 274 g/mol. The Balaban J connectivity index is 1.99. The molecule has 0 atom stereocenters. The van der Waals surface area contributed by atoms with E-state index in [0.29, 0.717) is 6.54 Å². The van der Waals surface area contributed by atoms with Crippen LogP contribution >= 0.6 is 0 Å². The molecule has 0 aliphatic heterocycles. The summed E-state index contributed by atoms with van der Waals surface area (Å²) in [4.78, 5) is 4.68. The minimum atomic E-state index is -0.0846. The number of hydrogen-bond acceptors (Lipinski definition) is 4.